The first-order valence-electron chi connectivity index (χ1n) is 8.84. The first kappa shape index (κ1) is 16.1. The molecule has 7 nitrogen and oxygen atoms in total. The van der Waals surface area contributed by atoms with E-state index in [1.54, 1.807) is 4.90 Å². The molecule has 25 heavy (non-hydrogen) atoms. The van der Waals surface area contributed by atoms with Crippen molar-refractivity contribution in [3.63, 3.8) is 0 Å². The van der Waals surface area contributed by atoms with E-state index in [0.717, 1.165) is 24.2 Å². The van der Waals surface area contributed by atoms with Crippen LogP contribution in [-0.4, -0.2) is 39.9 Å². The molecular weight excluding hydrogens is 320 g/mol. The van der Waals surface area contributed by atoms with Crippen molar-refractivity contribution in [2.75, 3.05) is 13.1 Å². The van der Waals surface area contributed by atoms with Crippen molar-refractivity contribution in [1.29, 1.82) is 0 Å². The third-order valence-electron chi connectivity index (χ3n) is 5.14. The lowest BCUT2D eigenvalue weighted by molar-refractivity contribution is -0.121. The molecule has 2 aromatic rings. The summed E-state index contributed by atoms with van der Waals surface area (Å²) in [6.07, 6.45) is 2.79. The predicted molar refractivity (Wildman–Crippen MR) is 91.1 cm³/mol. The summed E-state index contributed by atoms with van der Waals surface area (Å²) in [5.41, 5.74) is 8.06. The summed E-state index contributed by atoms with van der Waals surface area (Å²) in [5.74, 6) is -0.181. The summed E-state index contributed by atoms with van der Waals surface area (Å²) >= 11 is 0. The fraction of sp³-hybridized carbons (Fsp3) is 0.556. The van der Waals surface area contributed by atoms with Crippen LogP contribution in [0.5, 0.6) is 0 Å². The maximum absolute atomic E-state index is 13.2. The van der Waals surface area contributed by atoms with Crippen molar-refractivity contribution in [2.45, 2.75) is 44.9 Å². The second-order valence-electron chi connectivity index (χ2n) is 7.41. The van der Waals surface area contributed by atoms with Crippen LogP contribution >= 0.6 is 0 Å². The molecule has 132 valence electrons. The summed E-state index contributed by atoms with van der Waals surface area (Å²) in [7, 11) is 0. The quantitative estimate of drug-likeness (QED) is 0.917. The second kappa shape index (κ2) is 5.82. The van der Waals surface area contributed by atoms with Gasteiger partial charge in [0.05, 0.1) is 22.6 Å². The summed E-state index contributed by atoms with van der Waals surface area (Å²) in [6, 6.07) is 1.89. The van der Waals surface area contributed by atoms with Crippen LogP contribution in [0.3, 0.4) is 0 Å². The Morgan fingerprint density at radius 3 is 2.68 bits per heavy atom. The van der Waals surface area contributed by atoms with Crippen molar-refractivity contribution in [2.24, 2.45) is 11.7 Å². The highest BCUT2D eigenvalue weighted by Gasteiger charge is 2.34. The smallest absolute Gasteiger partial charge is 0.259 e. The third kappa shape index (κ3) is 2.77. The van der Waals surface area contributed by atoms with E-state index in [1.807, 2.05) is 19.9 Å². The van der Waals surface area contributed by atoms with Crippen LogP contribution in [0.1, 0.15) is 66.7 Å². The standard InChI is InChI=1S/C18H22N4O3/c1-9(2)15-14-12(18(24)22-6-5-11(8-22)16(19)23)7-13(10-3-4-10)20-17(14)25-21-15/h7,9-11H,3-6,8H2,1-2H3,(H2,19,23). The normalized spacial score (nSPS) is 20.6. The zero-order valence-electron chi connectivity index (χ0n) is 14.5. The monoisotopic (exact) mass is 342 g/mol. The van der Waals surface area contributed by atoms with Gasteiger partial charge in [-0.3, -0.25) is 9.59 Å². The molecule has 3 heterocycles. The Bertz CT molecular complexity index is 853. The van der Waals surface area contributed by atoms with E-state index < -0.39 is 0 Å². The van der Waals surface area contributed by atoms with E-state index in [2.05, 4.69) is 10.1 Å². The van der Waals surface area contributed by atoms with E-state index in [-0.39, 0.29) is 23.7 Å². The van der Waals surface area contributed by atoms with Crippen LogP contribution in [0.4, 0.5) is 0 Å². The van der Waals surface area contributed by atoms with Crippen molar-refractivity contribution < 1.29 is 14.1 Å². The minimum absolute atomic E-state index is 0.0943. The van der Waals surface area contributed by atoms with Gasteiger partial charge in [0, 0.05) is 24.7 Å². The molecule has 1 saturated heterocycles. The molecule has 2 fully saturated rings. The van der Waals surface area contributed by atoms with E-state index in [0.29, 0.717) is 42.1 Å². The van der Waals surface area contributed by atoms with Gasteiger partial charge in [-0.15, -0.1) is 0 Å². The van der Waals surface area contributed by atoms with Crippen LogP contribution in [0.15, 0.2) is 10.6 Å². The molecule has 0 bridgehead atoms. The highest BCUT2D eigenvalue weighted by Crippen LogP contribution is 2.41. The Morgan fingerprint density at radius 1 is 1.32 bits per heavy atom. The van der Waals surface area contributed by atoms with Gasteiger partial charge >= 0.3 is 0 Å². The summed E-state index contributed by atoms with van der Waals surface area (Å²) < 4.78 is 5.44. The average molecular weight is 342 g/mol. The molecule has 1 unspecified atom stereocenters. The predicted octanol–water partition coefficient (Wildman–Crippen LogP) is 2.17. The molecular formula is C18H22N4O3. The van der Waals surface area contributed by atoms with Crippen LogP contribution in [-0.2, 0) is 4.79 Å². The molecule has 0 spiro atoms. The van der Waals surface area contributed by atoms with Gasteiger partial charge in [0.25, 0.3) is 11.6 Å². The van der Waals surface area contributed by atoms with E-state index in [1.165, 1.54) is 0 Å². The Labute approximate surface area is 145 Å². The number of hydrogen-bond acceptors (Lipinski definition) is 5. The number of carbonyl (C=O) groups excluding carboxylic acids is 2. The Kier molecular flexibility index (Phi) is 3.74. The topological polar surface area (TPSA) is 102 Å². The molecule has 1 atom stereocenters. The summed E-state index contributed by atoms with van der Waals surface area (Å²) in [6.45, 7) is 4.94. The number of pyridine rings is 1. The van der Waals surface area contributed by atoms with Gasteiger partial charge in [0.1, 0.15) is 0 Å². The van der Waals surface area contributed by atoms with E-state index in [4.69, 9.17) is 10.3 Å². The number of hydrogen-bond donors (Lipinski definition) is 1. The fourth-order valence-electron chi connectivity index (χ4n) is 3.49. The number of nitrogens with two attached hydrogens (primary N) is 1. The molecule has 7 heteroatoms. The number of nitrogens with zero attached hydrogens (tertiary/aromatic N) is 3. The minimum Gasteiger partial charge on any atom is -0.369 e. The molecule has 2 N–H and O–H groups in total. The molecule has 0 aromatic carbocycles. The van der Waals surface area contributed by atoms with Crippen molar-refractivity contribution in [1.82, 2.24) is 15.0 Å². The molecule has 0 radical (unpaired) electrons. The van der Waals surface area contributed by atoms with Crippen molar-refractivity contribution in [3.05, 3.63) is 23.0 Å². The lowest BCUT2D eigenvalue weighted by atomic mass is 10.0. The maximum Gasteiger partial charge on any atom is 0.259 e. The number of amides is 2. The number of rotatable bonds is 4. The Balaban J connectivity index is 1.77. The molecule has 2 aromatic heterocycles. The van der Waals surface area contributed by atoms with E-state index in [9.17, 15) is 9.59 Å². The lowest BCUT2D eigenvalue weighted by Gasteiger charge is -2.17. The number of fused-ring (bicyclic) bond motifs is 1. The number of carbonyl (C=O) groups is 2. The Hall–Kier alpha value is -2.44. The van der Waals surface area contributed by atoms with Gasteiger partial charge in [-0.25, -0.2) is 4.98 Å². The first-order chi connectivity index (χ1) is 12.0. The van der Waals surface area contributed by atoms with Crippen LogP contribution in [0, 0.1) is 5.92 Å². The molecule has 1 aliphatic carbocycles. The SMILES string of the molecule is CC(C)c1noc2nc(C3CC3)cc(C(=O)N3CCC(C(N)=O)C3)c12. The van der Waals surface area contributed by atoms with Gasteiger partial charge in [0.2, 0.25) is 5.91 Å². The zero-order chi connectivity index (χ0) is 17.7. The fourth-order valence-corrected chi connectivity index (χ4v) is 3.49. The summed E-state index contributed by atoms with van der Waals surface area (Å²) in [4.78, 5) is 30.9. The third-order valence-corrected chi connectivity index (χ3v) is 5.14. The zero-order valence-corrected chi connectivity index (χ0v) is 14.5. The first-order valence-corrected chi connectivity index (χ1v) is 8.84. The summed E-state index contributed by atoms with van der Waals surface area (Å²) in [5, 5.41) is 4.85. The molecule has 2 aliphatic rings. The second-order valence-corrected chi connectivity index (χ2v) is 7.41. The number of likely N-dealkylation sites (tertiary alicyclic amines) is 1. The van der Waals surface area contributed by atoms with Crippen LogP contribution in [0.2, 0.25) is 0 Å². The van der Waals surface area contributed by atoms with Gasteiger partial charge in [-0.1, -0.05) is 19.0 Å². The van der Waals surface area contributed by atoms with Gasteiger partial charge in [0.15, 0.2) is 0 Å². The maximum atomic E-state index is 13.2. The number of primary amides is 1. The number of aromatic nitrogens is 2. The van der Waals surface area contributed by atoms with Crippen molar-refractivity contribution in [3.8, 4) is 0 Å². The largest absolute Gasteiger partial charge is 0.369 e. The van der Waals surface area contributed by atoms with Crippen LogP contribution < -0.4 is 5.73 Å². The highest BCUT2D eigenvalue weighted by atomic mass is 16.5. The Morgan fingerprint density at radius 2 is 2.08 bits per heavy atom. The molecule has 1 aliphatic heterocycles. The molecule has 1 saturated carbocycles. The van der Waals surface area contributed by atoms with Gasteiger partial charge < -0.3 is 15.2 Å². The van der Waals surface area contributed by atoms with Gasteiger partial charge in [-0.2, -0.15) is 0 Å². The van der Waals surface area contributed by atoms with Crippen LogP contribution in [0.25, 0.3) is 11.1 Å². The molecule has 2 amide bonds. The minimum atomic E-state index is -0.346. The van der Waals surface area contributed by atoms with Gasteiger partial charge in [-0.05, 0) is 31.2 Å². The van der Waals surface area contributed by atoms with Crippen molar-refractivity contribution >= 4 is 22.9 Å². The highest BCUT2D eigenvalue weighted by molar-refractivity contribution is 6.06. The lowest BCUT2D eigenvalue weighted by Crippen LogP contribution is -2.32. The molecule has 4 rings (SSSR count). The van der Waals surface area contributed by atoms with E-state index >= 15 is 0 Å². The average Bonchev–Trinajstić information content (AvgIpc) is 3.14.